The van der Waals surface area contributed by atoms with Crippen molar-refractivity contribution in [1.82, 2.24) is 5.32 Å². The molecule has 4 heteroatoms. The van der Waals surface area contributed by atoms with Crippen LogP contribution in [-0.2, 0) is 9.47 Å². The van der Waals surface area contributed by atoms with Crippen LogP contribution in [0.2, 0.25) is 0 Å². The molecule has 0 aromatic carbocycles. The van der Waals surface area contributed by atoms with E-state index in [9.17, 15) is 4.79 Å². The van der Waals surface area contributed by atoms with E-state index in [1.54, 1.807) is 0 Å². The third-order valence-corrected chi connectivity index (χ3v) is 1.92. The van der Waals surface area contributed by atoms with Gasteiger partial charge in [0, 0.05) is 13.2 Å². The Bertz CT molecular complexity index is 209. The minimum atomic E-state index is -0.324. The maximum absolute atomic E-state index is 11.2. The number of rotatable bonds is 7. The van der Waals surface area contributed by atoms with Gasteiger partial charge in [0.2, 0.25) is 0 Å². The average Bonchev–Trinajstić information content (AvgIpc) is 2.18. The lowest BCUT2D eigenvalue weighted by Crippen LogP contribution is -2.27. The monoisotopic (exact) mass is 245 g/mol. The van der Waals surface area contributed by atoms with E-state index < -0.39 is 0 Å². The summed E-state index contributed by atoms with van der Waals surface area (Å²) < 4.78 is 10.6. The molecule has 1 amide bonds. The van der Waals surface area contributed by atoms with Crippen LogP contribution in [0.15, 0.2) is 0 Å². The molecule has 0 fully saturated rings. The van der Waals surface area contributed by atoms with Gasteiger partial charge in [-0.1, -0.05) is 13.8 Å². The van der Waals surface area contributed by atoms with Crippen LogP contribution in [0.5, 0.6) is 0 Å². The fourth-order valence-corrected chi connectivity index (χ4v) is 1.09. The molecule has 0 radical (unpaired) electrons. The molecule has 0 spiro atoms. The van der Waals surface area contributed by atoms with Gasteiger partial charge in [-0.15, -0.1) is 0 Å². The molecule has 4 nitrogen and oxygen atoms in total. The molecule has 0 heterocycles. The van der Waals surface area contributed by atoms with E-state index in [0.29, 0.717) is 19.1 Å². The lowest BCUT2D eigenvalue weighted by molar-refractivity contribution is -0.00455. The molecule has 0 saturated heterocycles. The van der Waals surface area contributed by atoms with Crippen LogP contribution in [0.3, 0.4) is 0 Å². The van der Waals surface area contributed by atoms with Gasteiger partial charge in [-0.3, -0.25) is 0 Å². The van der Waals surface area contributed by atoms with Crippen molar-refractivity contribution in [3.63, 3.8) is 0 Å². The first-order valence-corrected chi connectivity index (χ1v) is 6.36. The largest absolute Gasteiger partial charge is 0.449 e. The van der Waals surface area contributed by atoms with Crippen LogP contribution in [0.1, 0.15) is 47.5 Å². The Morgan fingerprint density at radius 1 is 1.24 bits per heavy atom. The first kappa shape index (κ1) is 16.2. The van der Waals surface area contributed by atoms with Gasteiger partial charge >= 0.3 is 6.09 Å². The van der Waals surface area contributed by atoms with E-state index >= 15 is 0 Å². The summed E-state index contributed by atoms with van der Waals surface area (Å²) in [5.74, 6) is 0.376. The van der Waals surface area contributed by atoms with E-state index in [2.05, 4.69) is 5.32 Å². The van der Waals surface area contributed by atoms with Gasteiger partial charge < -0.3 is 14.8 Å². The summed E-state index contributed by atoms with van der Waals surface area (Å²) in [6, 6.07) is 0. The molecule has 0 aliphatic heterocycles. The molecule has 0 saturated carbocycles. The second-order valence-corrected chi connectivity index (χ2v) is 5.59. The van der Waals surface area contributed by atoms with Gasteiger partial charge in [-0.2, -0.15) is 0 Å². The molecule has 0 aliphatic rings. The molecule has 0 aromatic heterocycles. The number of unbranched alkanes of at least 4 members (excludes halogenated alkanes) is 1. The van der Waals surface area contributed by atoms with Crippen molar-refractivity contribution in [1.29, 1.82) is 0 Å². The van der Waals surface area contributed by atoms with Gasteiger partial charge in [0.1, 0.15) is 0 Å². The molecule has 0 rings (SSSR count). The second kappa shape index (κ2) is 8.34. The Kier molecular flexibility index (Phi) is 7.96. The molecule has 102 valence electrons. The number of carbonyl (C=O) groups excluding carboxylic acids is 1. The minimum absolute atomic E-state index is 0.0797. The van der Waals surface area contributed by atoms with Crippen LogP contribution in [-0.4, -0.2) is 31.5 Å². The third kappa shape index (κ3) is 13.2. The fourth-order valence-electron chi connectivity index (χ4n) is 1.09. The van der Waals surface area contributed by atoms with E-state index in [1.807, 2.05) is 34.6 Å². The summed E-state index contributed by atoms with van der Waals surface area (Å²) >= 11 is 0. The Labute approximate surface area is 105 Å². The first-order valence-electron chi connectivity index (χ1n) is 6.36. The average molecular weight is 245 g/mol. The van der Waals surface area contributed by atoms with Crippen LogP contribution < -0.4 is 5.32 Å². The maximum Gasteiger partial charge on any atom is 0.407 e. The van der Waals surface area contributed by atoms with Crippen LogP contribution >= 0.6 is 0 Å². The van der Waals surface area contributed by atoms with Crippen molar-refractivity contribution in [3.05, 3.63) is 0 Å². The first-order chi connectivity index (χ1) is 7.81. The highest BCUT2D eigenvalue weighted by molar-refractivity contribution is 5.66. The molecule has 0 aromatic rings. The van der Waals surface area contributed by atoms with E-state index in [4.69, 9.17) is 9.47 Å². The standard InChI is InChI=1S/C13H27NO3/c1-11(2)10-16-12(15)14-8-6-7-9-17-13(3,4)5/h11H,6-10H2,1-5H3,(H,14,15). The van der Waals surface area contributed by atoms with Crippen molar-refractivity contribution >= 4 is 6.09 Å². The van der Waals surface area contributed by atoms with Crippen LogP contribution in [0.4, 0.5) is 4.79 Å². The molecule has 0 aliphatic carbocycles. The number of hydrogen-bond acceptors (Lipinski definition) is 3. The Balaban J connectivity index is 3.31. The fraction of sp³-hybridized carbons (Fsp3) is 0.923. The molecule has 1 N–H and O–H groups in total. The summed E-state index contributed by atoms with van der Waals surface area (Å²) in [6.45, 7) is 12.0. The smallest absolute Gasteiger partial charge is 0.407 e. The Hall–Kier alpha value is -0.770. The highest BCUT2D eigenvalue weighted by Gasteiger charge is 2.09. The summed E-state index contributed by atoms with van der Waals surface area (Å²) in [6.07, 6.45) is 1.53. The van der Waals surface area contributed by atoms with E-state index in [0.717, 1.165) is 19.4 Å². The van der Waals surface area contributed by atoms with E-state index in [-0.39, 0.29) is 11.7 Å². The number of carbonyl (C=O) groups is 1. The van der Waals surface area contributed by atoms with Gasteiger partial charge in [0.25, 0.3) is 0 Å². The third-order valence-electron chi connectivity index (χ3n) is 1.92. The Morgan fingerprint density at radius 3 is 2.41 bits per heavy atom. The molecule has 0 bridgehead atoms. The topological polar surface area (TPSA) is 47.6 Å². The van der Waals surface area contributed by atoms with Gasteiger partial charge in [0.15, 0.2) is 0 Å². The zero-order valence-electron chi connectivity index (χ0n) is 11.8. The number of amides is 1. The molecule has 0 atom stereocenters. The highest BCUT2D eigenvalue weighted by atomic mass is 16.5. The van der Waals surface area contributed by atoms with E-state index in [1.165, 1.54) is 0 Å². The van der Waals surface area contributed by atoms with Gasteiger partial charge in [0.05, 0.1) is 12.2 Å². The molecular formula is C13H27NO3. The number of alkyl carbamates (subject to hydrolysis) is 1. The lowest BCUT2D eigenvalue weighted by atomic mass is 10.2. The van der Waals surface area contributed by atoms with Crippen molar-refractivity contribution in [2.45, 2.75) is 53.1 Å². The predicted octanol–water partition coefficient (Wildman–Crippen LogP) is 2.96. The summed E-state index contributed by atoms with van der Waals surface area (Å²) in [7, 11) is 0. The SMILES string of the molecule is CC(C)COC(=O)NCCCCOC(C)(C)C. The van der Waals surface area contributed by atoms with Gasteiger partial charge in [-0.05, 0) is 39.5 Å². The zero-order valence-corrected chi connectivity index (χ0v) is 11.8. The second-order valence-electron chi connectivity index (χ2n) is 5.59. The minimum Gasteiger partial charge on any atom is -0.449 e. The van der Waals surface area contributed by atoms with Crippen LogP contribution in [0.25, 0.3) is 0 Å². The quantitative estimate of drug-likeness (QED) is 0.701. The summed E-state index contributed by atoms with van der Waals surface area (Å²) in [5.41, 5.74) is -0.0797. The Morgan fingerprint density at radius 2 is 1.88 bits per heavy atom. The number of ether oxygens (including phenoxy) is 2. The van der Waals surface area contributed by atoms with Crippen molar-refractivity contribution in [2.24, 2.45) is 5.92 Å². The van der Waals surface area contributed by atoms with Crippen molar-refractivity contribution in [3.8, 4) is 0 Å². The molecule has 0 unspecified atom stereocenters. The van der Waals surface area contributed by atoms with Crippen molar-refractivity contribution in [2.75, 3.05) is 19.8 Å². The normalized spacial score (nSPS) is 11.6. The number of nitrogens with one attached hydrogen (secondary N) is 1. The lowest BCUT2D eigenvalue weighted by Gasteiger charge is -2.19. The predicted molar refractivity (Wildman–Crippen MR) is 69.1 cm³/mol. The number of hydrogen-bond donors (Lipinski definition) is 1. The summed E-state index contributed by atoms with van der Waals surface area (Å²) in [5, 5.41) is 2.72. The summed E-state index contributed by atoms with van der Waals surface area (Å²) in [4.78, 5) is 11.2. The van der Waals surface area contributed by atoms with Crippen LogP contribution in [0, 0.1) is 5.92 Å². The molecule has 17 heavy (non-hydrogen) atoms. The highest BCUT2D eigenvalue weighted by Crippen LogP contribution is 2.07. The van der Waals surface area contributed by atoms with Gasteiger partial charge in [-0.25, -0.2) is 4.79 Å². The molecular weight excluding hydrogens is 218 g/mol. The maximum atomic E-state index is 11.2. The van der Waals surface area contributed by atoms with Crippen molar-refractivity contribution < 1.29 is 14.3 Å². The zero-order chi connectivity index (χ0) is 13.3.